The number of anilines is 1. The Bertz CT molecular complexity index is 1220. The number of amides is 1. The monoisotopic (exact) mass is 423 g/mol. The summed E-state index contributed by atoms with van der Waals surface area (Å²) in [5.41, 5.74) is 2.85. The average molecular weight is 423 g/mol. The van der Waals surface area contributed by atoms with Gasteiger partial charge in [0.2, 0.25) is 0 Å². The first-order chi connectivity index (χ1) is 14.5. The van der Waals surface area contributed by atoms with Crippen molar-refractivity contribution in [2.75, 3.05) is 5.32 Å². The topological polar surface area (TPSA) is 93.8 Å². The minimum Gasteiger partial charge on any atom is -0.353 e. The Morgan fingerprint density at radius 2 is 2.07 bits per heavy atom. The van der Waals surface area contributed by atoms with Crippen LogP contribution >= 0.6 is 11.3 Å². The van der Waals surface area contributed by atoms with Crippen LogP contribution in [0.5, 0.6) is 0 Å². The zero-order valence-corrected chi connectivity index (χ0v) is 17.4. The summed E-state index contributed by atoms with van der Waals surface area (Å²) < 4.78 is 19.0. The molecule has 0 aliphatic carbocycles. The van der Waals surface area contributed by atoms with Gasteiger partial charge in [0, 0.05) is 34.5 Å². The molecule has 0 fully saturated rings. The molecule has 0 bridgehead atoms. The lowest BCUT2D eigenvalue weighted by Gasteiger charge is -2.08. The number of hydrogen-bond acceptors (Lipinski definition) is 7. The summed E-state index contributed by atoms with van der Waals surface area (Å²) in [7, 11) is 0. The Labute approximate surface area is 176 Å². The van der Waals surface area contributed by atoms with E-state index in [1.54, 1.807) is 23.6 Å². The van der Waals surface area contributed by atoms with Gasteiger partial charge in [0.15, 0.2) is 10.8 Å². The fourth-order valence-corrected chi connectivity index (χ4v) is 3.88. The summed E-state index contributed by atoms with van der Waals surface area (Å²) in [6.45, 7) is 5.45. The van der Waals surface area contributed by atoms with E-state index in [-0.39, 0.29) is 11.1 Å². The Kier molecular flexibility index (Phi) is 5.37. The van der Waals surface area contributed by atoms with Gasteiger partial charge in [0.1, 0.15) is 11.6 Å². The number of nitrogens with zero attached hydrogens (tertiary/aromatic N) is 4. The molecule has 7 nitrogen and oxygen atoms in total. The number of aryl methyl sites for hydroxylation is 2. The number of thiazole rings is 1. The maximum atomic E-state index is 13.6. The zero-order valence-electron chi connectivity index (χ0n) is 16.6. The van der Waals surface area contributed by atoms with Crippen LogP contribution in [0.4, 0.5) is 10.2 Å². The van der Waals surface area contributed by atoms with E-state index >= 15 is 0 Å². The molecule has 0 spiro atoms. The molecule has 0 radical (unpaired) electrons. The van der Waals surface area contributed by atoms with Crippen LogP contribution in [0, 0.1) is 19.7 Å². The van der Waals surface area contributed by atoms with Crippen LogP contribution in [-0.4, -0.2) is 26.0 Å². The molecular weight excluding hydrogens is 405 g/mol. The lowest BCUT2D eigenvalue weighted by Crippen LogP contribution is -2.15. The predicted octanol–water partition coefficient (Wildman–Crippen LogP) is 4.83. The molecule has 1 N–H and O–H groups in total. The van der Waals surface area contributed by atoms with E-state index < -0.39 is 11.7 Å². The van der Waals surface area contributed by atoms with Gasteiger partial charge in [-0.15, -0.1) is 11.3 Å². The largest absolute Gasteiger partial charge is 0.353 e. The molecule has 0 aliphatic rings. The Morgan fingerprint density at radius 3 is 2.73 bits per heavy atom. The Balaban J connectivity index is 1.57. The van der Waals surface area contributed by atoms with Crippen LogP contribution < -0.4 is 5.32 Å². The zero-order chi connectivity index (χ0) is 21.3. The van der Waals surface area contributed by atoms with Crippen molar-refractivity contribution in [3.63, 3.8) is 0 Å². The fourth-order valence-electron chi connectivity index (χ4n) is 2.91. The van der Waals surface area contributed by atoms with Crippen LogP contribution in [0.2, 0.25) is 0 Å². The van der Waals surface area contributed by atoms with Gasteiger partial charge in [-0.3, -0.25) is 9.78 Å². The molecule has 0 aliphatic heterocycles. The third-order valence-corrected chi connectivity index (χ3v) is 5.75. The van der Waals surface area contributed by atoms with Crippen molar-refractivity contribution in [2.45, 2.75) is 27.2 Å². The summed E-state index contributed by atoms with van der Waals surface area (Å²) in [6, 6.07) is 5.37. The molecule has 4 aromatic heterocycles. The number of aromatic nitrogens is 4. The molecule has 9 heteroatoms. The predicted molar refractivity (Wildman–Crippen MR) is 112 cm³/mol. The Hall–Kier alpha value is -3.46. The lowest BCUT2D eigenvalue weighted by molar-refractivity contribution is 0.102. The molecule has 0 aromatic carbocycles. The van der Waals surface area contributed by atoms with Crippen molar-refractivity contribution in [2.24, 2.45) is 0 Å². The number of carbonyl (C=O) groups is 1. The summed E-state index contributed by atoms with van der Waals surface area (Å²) in [6.07, 6.45) is 4.87. The molecule has 1 amide bonds. The van der Waals surface area contributed by atoms with Gasteiger partial charge in [-0.2, -0.15) is 0 Å². The molecule has 4 rings (SSSR count). The first-order valence-electron chi connectivity index (χ1n) is 9.27. The summed E-state index contributed by atoms with van der Waals surface area (Å²) >= 11 is 1.55. The number of nitrogens with one attached hydrogen (secondary N) is 1. The minimum atomic E-state index is -0.528. The quantitative estimate of drug-likeness (QED) is 0.494. The molecular formula is C21H18FN5O2S. The van der Waals surface area contributed by atoms with Gasteiger partial charge < -0.3 is 9.84 Å². The normalized spacial score (nSPS) is 10.9. The van der Waals surface area contributed by atoms with E-state index in [2.05, 4.69) is 27.4 Å². The van der Waals surface area contributed by atoms with Crippen LogP contribution in [0.3, 0.4) is 0 Å². The summed E-state index contributed by atoms with van der Waals surface area (Å²) in [5.74, 6) is -0.00823. The van der Waals surface area contributed by atoms with Gasteiger partial charge in [-0.05, 0) is 32.4 Å². The minimum absolute atomic E-state index is 0.167. The van der Waals surface area contributed by atoms with E-state index in [4.69, 9.17) is 9.51 Å². The third kappa shape index (κ3) is 3.84. The smallest absolute Gasteiger partial charge is 0.258 e. The molecule has 4 aromatic rings. The van der Waals surface area contributed by atoms with Crippen molar-refractivity contribution < 1.29 is 13.7 Å². The van der Waals surface area contributed by atoms with Crippen molar-refractivity contribution >= 4 is 23.1 Å². The maximum Gasteiger partial charge on any atom is 0.258 e. The second-order valence-corrected chi connectivity index (χ2v) is 7.74. The number of pyridine rings is 2. The highest BCUT2D eigenvalue weighted by atomic mass is 32.1. The molecule has 0 atom stereocenters. The van der Waals surface area contributed by atoms with Crippen LogP contribution in [0.25, 0.3) is 22.0 Å². The highest BCUT2D eigenvalue weighted by Crippen LogP contribution is 2.34. The average Bonchev–Trinajstić information content (AvgIpc) is 3.36. The second kappa shape index (κ2) is 8.11. The van der Waals surface area contributed by atoms with Gasteiger partial charge in [-0.25, -0.2) is 14.4 Å². The second-order valence-electron chi connectivity index (χ2n) is 6.66. The van der Waals surface area contributed by atoms with Crippen molar-refractivity contribution in [1.29, 1.82) is 0 Å². The van der Waals surface area contributed by atoms with Crippen LogP contribution in [-0.2, 0) is 6.42 Å². The van der Waals surface area contributed by atoms with Gasteiger partial charge in [0.05, 0.1) is 23.1 Å². The first kappa shape index (κ1) is 19.8. The van der Waals surface area contributed by atoms with E-state index in [1.807, 2.05) is 19.1 Å². The molecule has 0 saturated carbocycles. The Morgan fingerprint density at radius 1 is 1.23 bits per heavy atom. The summed E-state index contributed by atoms with van der Waals surface area (Å²) in [5, 5.41) is 7.35. The van der Waals surface area contributed by atoms with E-state index in [1.165, 1.54) is 13.1 Å². The number of carbonyl (C=O) groups excluding carboxylic acids is 1. The standard InChI is InChI=1S/C21H18FN5O2S/c1-4-17-19(26-21(30-17)16-7-11(2)27-29-16)13-5-6-18(24-8-13)25-20(28)14-9-23-10-15(22)12(14)3/h5-10H,4H2,1-3H3,(H,24,25,28). The van der Waals surface area contributed by atoms with E-state index in [0.717, 1.165) is 39.5 Å². The number of halogens is 1. The number of hydrogen-bond donors (Lipinski definition) is 1. The van der Waals surface area contributed by atoms with Crippen molar-refractivity contribution in [3.8, 4) is 22.0 Å². The van der Waals surface area contributed by atoms with Gasteiger partial charge in [-0.1, -0.05) is 12.1 Å². The lowest BCUT2D eigenvalue weighted by atomic mass is 10.1. The van der Waals surface area contributed by atoms with Crippen molar-refractivity contribution in [1.82, 2.24) is 20.1 Å². The van der Waals surface area contributed by atoms with Crippen LogP contribution in [0.1, 0.15) is 33.4 Å². The van der Waals surface area contributed by atoms with E-state index in [9.17, 15) is 9.18 Å². The van der Waals surface area contributed by atoms with E-state index in [0.29, 0.717) is 11.6 Å². The van der Waals surface area contributed by atoms with Crippen molar-refractivity contribution in [3.05, 3.63) is 64.3 Å². The fraction of sp³-hybridized carbons (Fsp3) is 0.190. The van der Waals surface area contributed by atoms with Gasteiger partial charge in [0.25, 0.3) is 5.91 Å². The number of rotatable bonds is 5. The molecule has 152 valence electrons. The highest BCUT2D eigenvalue weighted by Gasteiger charge is 2.17. The van der Waals surface area contributed by atoms with Gasteiger partial charge >= 0.3 is 0 Å². The summed E-state index contributed by atoms with van der Waals surface area (Å²) in [4.78, 5) is 26.3. The molecule has 4 heterocycles. The first-order valence-corrected chi connectivity index (χ1v) is 10.1. The molecule has 0 saturated heterocycles. The molecule has 30 heavy (non-hydrogen) atoms. The highest BCUT2D eigenvalue weighted by molar-refractivity contribution is 7.15. The SMILES string of the molecule is CCc1sc(-c2cc(C)no2)nc1-c1ccc(NC(=O)c2cncc(F)c2C)nc1. The van der Waals surface area contributed by atoms with Crippen LogP contribution in [0.15, 0.2) is 41.3 Å². The maximum absolute atomic E-state index is 13.6. The third-order valence-electron chi connectivity index (χ3n) is 4.53. The molecule has 0 unspecified atom stereocenters.